The van der Waals surface area contributed by atoms with Gasteiger partial charge in [-0.1, -0.05) is 0 Å². The number of nitrogens with zero attached hydrogens (tertiary/aromatic N) is 5. The van der Waals surface area contributed by atoms with Gasteiger partial charge in [-0.15, -0.1) is 0 Å². The van der Waals surface area contributed by atoms with E-state index in [4.69, 9.17) is 9.47 Å². The summed E-state index contributed by atoms with van der Waals surface area (Å²) in [5.74, 6) is 0. The van der Waals surface area contributed by atoms with Crippen molar-refractivity contribution < 1.29 is 14.3 Å². The molecule has 1 unspecified atom stereocenters. The third-order valence-corrected chi connectivity index (χ3v) is 5.52. The van der Waals surface area contributed by atoms with E-state index >= 15 is 0 Å². The van der Waals surface area contributed by atoms with Gasteiger partial charge in [0.15, 0.2) is 0 Å². The van der Waals surface area contributed by atoms with Crippen molar-refractivity contribution in [3.8, 4) is 11.4 Å². The number of fused-ring (bicyclic) bond motifs is 1. The maximum absolute atomic E-state index is 12.4. The summed E-state index contributed by atoms with van der Waals surface area (Å²) in [5, 5.41) is 1.06. The first-order chi connectivity index (χ1) is 14.2. The van der Waals surface area contributed by atoms with Crippen molar-refractivity contribution >= 4 is 22.8 Å². The Hall–Kier alpha value is -3.07. The van der Waals surface area contributed by atoms with E-state index < -0.39 is 0 Å². The van der Waals surface area contributed by atoms with E-state index in [1.807, 2.05) is 30.1 Å². The van der Waals surface area contributed by atoms with Gasteiger partial charge in [-0.2, -0.15) is 0 Å². The van der Waals surface area contributed by atoms with E-state index in [-0.39, 0.29) is 12.2 Å². The van der Waals surface area contributed by atoms with Gasteiger partial charge >= 0.3 is 6.09 Å². The first kappa shape index (κ1) is 18.0. The molecule has 0 bridgehead atoms. The average molecular weight is 396 g/mol. The Morgan fingerprint density at radius 1 is 1.28 bits per heavy atom. The van der Waals surface area contributed by atoms with Gasteiger partial charge in [0.1, 0.15) is 17.4 Å². The zero-order valence-corrected chi connectivity index (χ0v) is 16.4. The second-order valence-corrected chi connectivity index (χ2v) is 7.54. The lowest BCUT2D eigenvalue weighted by Gasteiger charge is -2.36. The number of H-pyrrole nitrogens is 1. The highest BCUT2D eigenvalue weighted by Gasteiger charge is 2.27. The first-order valence-corrected chi connectivity index (χ1v) is 9.92. The summed E-state index contributed by atoms with van der Waals surface area (Å²) in [7, 11) is 1.95. The van der Waals surface area contributed by atoms with Crippen molar-refractivity contribution in [3.05, 3.63) is 30.9 Å². The van der Waals surface area contributed by atoms with Crippen LogP contribution in [0.2, 0.25) is 0 Å². The van der Waals surface area contributed by atoms with Crippen molar-refractivity contribution in [2.24, 2.45) is 7.05 Å². The number of aryl methyl sites for hydroxylation is 1. The molecule has 2 aliphatic heterocycles. The SMILES string of the molecule is Cn1cnc(-c2cc3c(N4CCN(C(=O)OC5CCOC5)CC4)ccnc3[nH]2)c1. The number of imidazole rings is 1. The first-order valence-electron chi connectivity index (χ1n) is 9.92. The quantitative estimate of drug-likeness (QED) is 0.729. The fourth-order valence-corrected chi connectivity index (χ4v) is 3.93. The standard InChI is InChI=1S/C20H24N6O3/c1-24-11-17(22-13-24)16-10-15-18(2-4-21-19(15)23-16)25-5-7-26(8-6-25)20(27)29-14-3-9-28-12-14/h2,4,10-11,13-14H,3,5-9,12H2,1H3,(H,21,23). The molecule has 9 nitrogen and oxygen atoms in total. The lowest BCUT2D eigenvalue weighted by atomic mass is 10.2. The van der Waals surface area contributed by atoms with Crippen LogP contribution in [-0.2, 0) is 16.5 Å². The summed E-state index contributed by atoms with van der Waals surface area (Å²) in [6, 6.07) is 4.13. The van der Waals surface area contributed by atoms with E-state index in [1.54, 1.807) is 11.2 Å². The number of hydrogen-bond acceptors (Lipinski definition) is 6. The summed E-state index contributed by atoms with van der Waals surface area (Å²) in [4.78, 5) is 28.7. The number of carbonyl (C=O) groups excluding carboxylic acids is 1. The molecule has 0 saturated carbocycles. The van der Waals surface area contributed by atoms with Crippen LogP contribution in [0.3, 0.4) is 0 Å². The van der Waals surface area contributed by atoms with Crippen LogP contribution in [0.4, 0.5) is 10.5 Å². The van der Waals surface area contributed by atoms with Gasteiger partial charge in [-0.25, -0.2) is 14.8 Å². The van der Waals surface area contributed by atoms with Gasteiger partial charge in [0.05, 0.1) is 25.2 Å². The normalized spacial score (nSPS) is 19.8. The molecule has 2 fully saturated rings. The minimum Gasteiger partial charge on any atom is -0.444 e. The van der Waals surface area contributed by atoms with Crippen LogP contribution in [0.15, 0.2) is 30.9 Å². The number of aromatic amines is 1. The zero-order valence-electron chi connectivity index (χ0n) is 16.4. The maximum atomic E-state index is 12.4. The Labute approximate surface area is 168 Å². The van der Waals surface area contributed by atoms with Gasteiger partial charge in [-0.05, 0) is 12.1 Å². The molecular formula is C20H24N6O3. The molecule has 5 heterocycles. The zero-order chi connectivity index (χ0) is 19.8. The van der Waals surface area contributed by atoms with E-state index in [9.17, 15) is 4.79 Å². The number of ether oxygens (including phenoxy) is 2. The molecule has 3 aromatic heterocycles. The Kier molecular flexibility index (Phi) is 4.59. The largest absolute Gasteiger partial charge is 0.444 e. The van der Waals surface area contributed by atoms with Crippen molar-refractivity contribution in [2.45, 2.75) is 12.5 Å². The smallest absolute Gasteiger partial charge is 0.410 e. The predicted molar refractivity (Wildman–Crippen MR) is 108 cm³/mol. The van der Waals surface area contributed by atoms with Gasteiger partial charge in [0.25, 0.3) is 0 Å². The highest BCUT2D eigenvalue weighted by molar-refractivity contribution is 5.93. The number of rotatable bonds is 3. The molecule has 5 rings (SSSR count). The topological polar surface area (TPSA) is 88.5 Å². The number of aromatic nitrogens is 4. The Bertz CT molecular complexity index is 1010. The van der Waals surface area contributed by atoms with Crippen LogP contribution in [-0.4, -0.2) is 76.0 Å². The van der Waals surface area contributed by atoms with Crippen molar-refractivity contribution in [3.63, 3.8) is 0 Å². The number of piperazine rings is 1. The molecule has 0 radical (unpaired) electrons. The number of amides is 1. The molecule has 1 atom stereocenters. The van der Waals surface area contributed by atoms with Crippen LogP contribution in [0.1, 0.15) is 6.42 Å². The molecule has 2 aliphatic rings. The number of pyridine rings is 1. The van der Waals surface area contributed by atoms with Crippen LogP contribution < -0.4 is 4.90 Å². The minimum absolute atomic E-state index is 0.106. The van der Waals surface area contributed by atoms with Crippen LogP contribution in [0.5, 0.6) is 0 Å². The van der Waals surface area contributed by atoms with Gasteiger partial charge in [-0.3, -0.25) is 0 Å². The molecule has 3 aromatic rings. The highest BCUT2D eigenvalue weighted by Crippen LogP contribution is 2.30. The second kappa shape index (κ2) is 7.40. The van der Waals surface area contributed by atoms with Gasteiger partial charge in [0, 0.05) is 63.1 Å². The fourth-order valence-electron chi connectivity index (χ4n) is 3.93. The molecule has 0 spiro atoms. The van der Waals surface area contributed by atoms with E-state index in [1.165, 1.54) is 0 Å². The van der Waals surface area contributed by atoms with Gasteiger partial charge < -0.3 is 28.8 Å². The molecular weight excluding hydrogens is 372 g/mol. The summed E-state index contributed by atoms with van der Waals surface area (Å²) >= 11 is 0. The Balaban J connectivity index is 1.30. The molecule has 9 heteroatoms. The molecule has 1 amide bonds. The molecule has 152 valence electrons. The lowest BCUT2D eigenvalue weighted by Crippen LogP contribution is -2.49. The summed E-state index contributed by atoms with van der Waals surface area (Å²) in [6.07, 6.45) is 6.02. The highest BCUT2D eigenvalue weighted by atomic mass is 16.6. The molecule has 2 saturated heterocycles. The molecule has 0 aromatic carbocycles. The molecule has 0 aliphatic carbocycles. The van der Waals surface area contributed by atoms with E-state index in [0.29, 0.717) is 26.3 Å². The fraction of sp³-hybridized carbons (Fsp3) is 0.450. The third kappa shape index (κ3) is 3.53. The summed E-state index contributed by atoms with van der Waals surface area (Å²) in [6.45, 7) is 3.94. The number of anilines is 1. The van der Waals surface area contributed by atoms with Crippen molar-refractivity contribution in [1.29, 1.82) is 0 Å². The predicted octanol–water partition coefficient (Wildman–Crippen LogP) is 2.01. The Morgan fingerprint density at radius 2 is 2.14 bits per heavy atom. The number of nitrogens with one attached hydrogen (secondary N) is 1. The van der Waals surface area contributed by atoms with Crippen LogP contribution in [0, 0.1) is 0 Å². The van der Waals surface area contributed by atoms with Crippen molar-refractivity contribution in [1.82, 2.24) is 24.4 Å². The molecule has 29 heavy (non-hydrogen) atoms. The average Bonchev–Trinajstić information content (AvgIpc) is 3.48. The second-order valence-electron chi connectivity index (χ2n) is 7.54. The third-order valence-electron chi connectivity index (χ3n) is 5.52. The van der Waals surface area contributed by atoms with E-state index in [0.717, 1.165) is 47.6 Å². The van der Waals surface area contributed by atoms with Crippen LogP contribution >= 0.6 is 0 Å². The maximum Gasteiger partial charge on any atom is 0.410 e. The van der Waals surface area contributed by atoms with Crippen LogP contribution in [0.25, 0.3) is 22.4 Å². The molecule has 1 N–H and O–H groups in total. The lowest BCUT2D eigenvalue weighted by molar-refractivity contribution is 0.0534. The summed E-state index contributed by atoms with van der Waals surface area (Å²) < 4.78 is 12.7. The van der Waals surface area contributed by atoms with Gasteiger partial charge in [0.2, 0.25) is 0 Å². The minimum atomic E-state index is -0.237. The van der Waals surface area contributed by atoms with E-state index in [2.05, 4.69) is 25.9 Å². The summed E-state index contributed by atoms with van der Waals surface area (Å²) in [5.41, 5.74) is 3.79. The number of hydrogen-bond donors (Lipinski definition) is 1. The Morgan fingerprint density at radius 3 is 2.86 bits per heavy atom. The van der Waals surface area contributed by atoms with Crippen molar-refractivity contribution in [2.75, 3.05) is 44.3 Å². The number of carbonyl (C=O) groups is 1. The monoisotopic (exact) mass is 396 g/mol.